The van der Waals surface area contributed by atoms with Crippen molar-refractivity contribution < 1.29 is 23.2 Å². The number of benzene rings is 2. The van der Waals surface area contributed by atoms with Crippen LogP contribution >= 0.6 is 22.9 Å². The fourth-order valence-corrected chi connectivity index (χ4v) is 5.32. The minimum Gasteiger partial charge on any atom is -0.495 e. The van der Waals surface area contributed by atoms with Crippen molar-refractivity contribution in [2.24, 2.45) is 5.14 Å². The number of thiophene rings is 1. The van der Waals surface area contributed by atoms with Gasteiger partial charge >= 0.3 is 0 Å². The van der Waals surface area contributed by atoms with Crippen LogP contribution in [0.2, 0.25) is 5.02 Å². The molecule has 0 spiro atoms. The monoisotopic (exact) mass is 480 g/mol. The topological polar surface area (TPSA) is 110 Å². The number of nitrogens with two attached hydrogens (primary N) is 1. The molecule has 164 valence electrons. The Balaban J connectivity index is 2.20. The summed E-state index contributed by atoms with van der Waals surface area (Å²) >= 11 is 7.73. The smallest absolute Gasteiger partial charge is 0.246 e. The molecular weight excluding hydrogens is 460 g/mol. The quantitative estimate of drug-likeness (QED) is 0.389. The van der Waals surface area contributed by atoms with Gasteiger partial charge in [-0.25, -0.2) is 18.6 Å². The first kappa shape index (κ1) is 23.2. The van der Waals surface area contributed by atoms with Crippen molar-refractivity contribution in [1.29, 1.82) is 0 Å². The van der Waals surface area contributed by atoms with E-state index < -0.39 is 15.9 Å². The van der Waals surface area contributed by atoms with E-state index in [1.54, 1.807) is 30.3 Å². The summed E-state index contributed by atoms with van der Waals surface area (Å²) in [4.78, 5) is 12.8. The van der Waals surface area contributed by atoms with Crippen LogP contribution in [0.1, 0.15) is 11.3 Å². The zero-order chi connectivity index (χ0) is 22.8. The Labute approximate surface area is 189 Å². The van der Waals surface area contributed by atoms with Gasteiger partial charge in [0.15, 0.2) is 0 Å². The number of hydrogen-bond donors (Lipinski definition) is 2. The molecule has 3 N–H and O–H groups in total. The van der Waals surface area contributed by atoms with Crippen LogP contribution in [0.15, 0.2) is 52.7 Å². The van der Waals surface area contributed by atoms with Crippen LogP contribution in [0.5, 0.6) is 5.75 Å². The van der Waals surface area contributed by atoms with Gasteiger partial charge in [-0.2, -0.15) is 0 Å². The van der Waals surface area contributed by atoms with Crippen LogP contribution in [0, 0.1) is 0 Å². The molecule has 3 aromatic rings. The lowest BCUT2D eigenvalue weighted by Gasteiger charge is -2.13. The molecule has 0 aliphatic heterocycles. The van der Waals surface area contributed by atoms with E-state index in [1.165, 1.54) is 31.6 Å². The molecule has 0 atom stereocenters. The Bertz CT molecular complexity index is 1220. The number of hydroxylamine groups is 2. The fraction of sp³-hybridized carbons (Fsp3) is 0.190. The number of primary sulfonamides is 1. The van der Waals surface area contributed by atoms with Crippen LogP contribution in [0.4, 0.5) is 0 Å². The molecule has 0 fully saturated rings. The number of halogens is 1. The second-order valence-corrected chi connectivity index (χ2v) is 9.66. The van der Waals surface area contributed by atoms with E-state index in [2.05, 4.69) is 0 Å². The average Bonchev–Trinajstić information content (AvgIpc) is 3.15. The minimum absolute atomic E-state index is 0.00590. The number of carbonyl (C=O) groups excluding carboxylic acids is 1. The third-order valence-electron chi connectivity index (χ3n) is 4.72. The van der Waals surface area contributed by atoms with Gasteiger partial charge < -0.3 is 4.74 Å². The van der Waals surface area contributed by atoms with E-state index >= 15 is 0 Å². The third kappa shape index (κ3) is 5.08. The van der Waals surface area contributed by atoms with Gasteiger partial charge in [0.25, 0.3) is 0 Å². The van der Waals surface area contributed by atoms with Gasteiger partial charge in [-0.05, 0) is 35.6 Å². The highest BCUT2D eigenvalue weighted by Crippen LogP contribution is 2.43. The SMILES string of the molecule is COc1ccc(-c2c(-c3ccccc3S(N)(=O)=O)csc2CCC(=O)N(C)O)cc1Cl. The maximum atomic E-state index is 12.2. The second-order valence-electron chi connectivity index (χ2n) is 6.76. The predicted molar refractivity (Wildman–Crippen MR) is 121 cm³/mol. The minimum atomic E-state index is -3.96. The molecule has 1 heterocycles. The molecular formula is C21H21ClN2O5S2. The van der Waals surface area contributed by atoms with E-state index in [0.717, 1.165) is 16.0 Å². The Hall–Kier alpha value is -2.43. The van der Waals surface area contributed by atoms with Crippen molar-refractivity contribution in [3.63, 3.8) is 0 Å². The van der Waals surface area contributed by atoms with Crippen LogP contribution in [0.25, 0.3) is 22.3 Å². The lowest BCUT2D eigenvalue weighted by Crippen LogP contribution is -2.22. The summed E-state index contributed by atoms with van der Waals surface area (Å²) in [6, 6.07) is 11.8. The van der Waals surface area contributed by atoms with Gasteiger partial charge in [0.1, 0.15) is 5.75 Å². The molecule has 31 heavy (non-hydrogen) atoms. The van der Waals surface area contributed by atoms with Crippen LogP contribution < -0.4 is 9.88 Å². The molecule has 0 bridgehead atoms. The van der Waals surface area contributed by atoms with E-state index in [-0.39, 0.29) is 11.3 Å². The number of hydrogen-bond acceptors (Lipinski definition) is 6. The van der Waals surface area contributed by atoms with Crippen molar-refractivity contribution in [2.75, 3.05) is 14.2 Å². The Morgan fingerprint density at radius 1 is 1.23 bits per heavy atom. The first-order valence-electron chi connectivity index (χ1n) is 9.15. The van der Waals surface area contributed by atoms with Gasteiger partial charge in [-0.15, -0.1) is 11.3 Å². The number of rotatable bonds is 7. The highest BCUT2D eigenvalue weighted by molar-refractivity contribution is 7.89. The van der Waals surface area contributed by atoms with Crippen LogP contribution in [-0.4, -0.2) is 38.8 Å². The molecule has 2 aromatic carbocycles. The molecule has 7 nitrogen and oxygen atoms in total. The van der Waals surface area contributed by atoms with Crippen molar-refractivity contribution in [3.8, 4) is 28.0 Å². The summed E-state index contributed by atoms with van der Waals surface area (Å²) in [5.74, 6) is 0.0735. The number of nitrogens with zero attached hydrogens (tertiary/aromatic N) is 1. The molecule has 3 rings (SSSR count). The third-order valence-corrected chi connectivity index (χ3v) is 7.03. The normalized spacial score (nSPS) is 11.4. The second kappa shape index (κ2) is 9.37. The van der Waals surface area contributed by atoms with Gasteiger partial charge in [0.2, 0.25) is 15.9 Å². The van der Waals surface area contributed by atoms with Crippen molar-refractivity contribution in [2.45, 2.75) is 17.7 Å². The number of carbonyl (C=O) groups is 1. The van der Waals surface area contributed by atoms with E-state index in [9.17, 15) is 18.4 Å². The van der Waals surface area contributed by atoms with Gasteiger partial charge in [-0.1, -0.05) is 35.9 Å². The molecule has 0 saturated carbocycles. The summed E-state index contributed by atoms with van der Waals surface area (Å²) < 4.78 is 29.6. The summed E-state index contributed by atoms with van der Waals surface area (Å²) in [5.41, 5.74) is 2.61. The average molecular weight is 481 g/mol. The van der Waals surface area contributed by atoms with Crippen LogP contribution in [0.3, 0.4) is 0 Å². The van der Waals surface area contributed by atoms with E-state index in [4.69, 9.17) is 21.5 Å². The molecule has 0 saturated heterocycles. The zero-order valence-corrected chi connectivity index (χ0v) is 19.2. The Kier molecular flexibility index (Phi) is 7.03. The van der Waals surface area contributed by atoms with Crippen LogP contribution in [-0.2, 0) is 21.2 Å². The maximum Gasteiger partial charge on any atom is 0.246 e. The molecule has 1 amide bonds. The first-order valence-corrected chi connectivity index (χ1v) is 12.0. The predicted octanol–water partition coefficient (Wildman–Crippen LogP) is 4.17. The van der Waals surface area contributed by atoms with Gasteiger partial charge in [0, 0.05) is 35.0 Å². The highest BCUT2D eigenvalue weighted by Gasteiger charge is 2.22. The fourth-order valence-electron chi connectivity index (χ4n) is 3.24. The lowest BCUT2D eigenvalue weighted by atomic mass is 9.95. The Morgan fingerprint density at radius 2 is 1.94 bits per heavy atom. The molecule has 0 aliphatic carbocycles. The van der Waals surface area contributed by atoms with Gasteiger partial charge in [-0.3, -0.25) is 10.0 Å². The van der Waals surface area contributed by atoms with Crippen molar-refractivity contribution in [1.82, 2.24) is 5.06 Å². The molecule has 0 unspecified atom stereocenters. The van der Waals surface area contributed by atoms with Gasteiger partial charge in [0.05, 0.1) is 17.0 Å². The largest absolute Gasteiger partial charge is 0.495 e. The zero-order valence-electron chi connectivity index (χ0n) is 16.8. The first-order chi connectivity index (χ1) is 14.6. The van der Waals surface area contributed by atoms with Crippen molar-refractivity contribution in [3.05, 3.63) is 57.7 Å². The number of sulfonamides is 1. The number of amides is 1. The lowest BCUT2D eigenvalue weighted by molar-refractivity contribution is -0.159. The standard InChI is InChI=1S/C21H21ClN2O5S2/c1-24(26)20(25)10-9-18-21(13-7-8-17(29-2)16(22)11-13)15(12-30-18)14-5-3-4-6-19(14)31(23,27)28/h3-8,11-12,26H,9-10H2,1-2H3,(H2,23,27,28). The summed E-state index contributed by atoms with van der Waals surface area (Å²) in [5, 5.41) is 17.6. The van der Waals surface area contributed by atoms with Crippen molar-refractivity contribution >= 4 is 38.9 Å². The maximum absolute atomic E-state index is 12.2. The molecule has 0 aliphatic rings. The summed E-state index contributed by atoms with van der Waals surface area (Å²) in [6.45, 7) is 0. The summed E-state index contributed by atoms with van der Waals surface area (Å²) in [7, 11) is -1.17. The number of methoxy groups -OCH3 is 1. The molecule has 1 aromatic heterocycles. The molecule has 0 radical (unpaired) electrons. The highest BCUT2D eigenvalue weighted by atomic mass is 35.5. The number of aryl methyl sites for hydroxylation is 1. The molecule has 10 heteroatoms. The number of ether oxygens (including phenoxy) is 1. The van der Waals surface area contributed by atoms with E-state index in [0.29, 0.717) is 33.4 Å². The Morgan fingerprint density at radius 3 is 2.55 bits per heavy atom. The summed E-state index contributed by atoms with van der Waals surface area (Å²) in [6.07, 6.45) is 0.436. The van der Waals surface area contributed by atoms with E-state index in [1.807, 2.05) is 11.4 Å².